The van der Waals surface area contributed by atoms with Gasteiger partial charge in [0.15, 0.2) is 5.52 Å². The minimum absolute atomic E-state index is 0.197. The molecule has 0 aliphatic rings. The standard InChI is InChI=1S/C12H8N6OS/c1-6-2-4-7(5-3-6)10-16-18-11(19)8-9(15-17-14-8)13-12(18)20-10/h2-5H,1H3,(H,14,15,17). The van der Waals surface area contributed by atoms with Crippen LogP contribution in [0.1, 0.15) is 5.56 Å². The second-order valence-electron chi connectivity index (χ2n) is 4.38. The van der Waals surface area contributed by atoms with Crippen molar-refractivity contribution in [2.45, 2.75) is 6.92 Å². The number of hydrogen-bond donors (Lipinski definition) is 1. The lowest BCUT2D eigenvalue weighted by Crippen LogP contribution is -2.15. The third-order valence-corrected chi connectivity index (χ3v) is 3.94. The van der Waals surface area contributed by atoms with Gasteiger partial charge in [-0.2, -0.15) is 19.8 Å². The Morgan fingerprint density at radius 3 is 2.80 bits per heavy atom. The Labute approximate surface area is 115 Å². The molecule has 0 bridgehead atoms. The summed E-state index contributed by atoms with van der Waals surface area (Å²) in [7, 11) is 0. The number of nitrogens with one attached hydrogen (secondary N) is 1. The van der Waals surface area contributed by atoms with Crippen LogP contribution in [0.5, 0.6) is 0 Å². The summed E-state index contributed by atoms with van der Waals surface area (Å²) in [6.45, 7) is 2.02. The quantitative estimate of drug-likeness (QED) is 0.570. The minimum atomic E-state index is -0.312. The topological polar surface area (TPSA) is 88.8 Å². The number of fused-ring (bicyclic) bond motifs is 2. The summed E-state index contributed by atoms with van der Waals surface area (Å²) in [5, 5.41) is 15.1. The number of rotatable bonds is 1. The van der Waals surface area contributed by atoms with E-state index in [4.69, 9.17) is 0 Å². The zero-order valence-electron chi connectivity index (χ0n) is 10.4. The molecular weight excluding hydrogens is 276 g/mol. The number of hydrogen-bond acceptors (Lipinski definition) is 6. The SMILES string of the molecule is Cc1ccc(-c2nn3c(=O)c4n[nH]nc4nc3s2)cc1. The van der Waals surface area contributed by atoms with Crippen molar-refractivity contribution in [3.05, 3.63) is 40.2 Å². The molecule has 0 atom stereocenters. The number of aryl methyl sites for hydroxylation is 1. The predicted molar refractivity (Wildman–Crippen MR) is 74.8 cm³/mol. The van der Waals surface area contributed by atoms with Crippen molar-refractivity contribution < 1.29 is 0 Å². The molecule has 4 rings (SSSR count). The van der Waals surface area contributed by atoms with Crippen LogP contribution in [0.15, 0.2) is 29.1 Å². The lowest BCUT2D eigenvalue weighted by molar-refractivity contribution is 0.913. The van der Waals surface area contributed by atoms with Gasteiger partial charge in [0, 0.05) is 5.56 Å². The zero-order valence-corrected chi connectivity index (χ0v) is 11.2. The maximum Gasteiger partial charge on any atom is 0.305 e. The van der Waals surface area contributed by atoms with Crippen LogP contribution in [-0.2, 0) is 0 Å². The van der Waals surface area contributed by atoms with Gasteiger partial charge in [-0.25, -0.2) is 0 Å². The molecule has 8 heteroatoms. The third-order valence-electron chi connectivity index (χ3n) is 2.98. The molecule has 98 valence electrons. The molecule has 4 aromatic rings. The predicted octanol–water partition coefficient (Wildman–Crippen LogP) is 1.40. The summed E-state index contributed by atoms with van der Waals surface area (Å²) in [4.78, 5) is 17.0. The lowest BCUT2D eigenvalue weighted by atomic mass is 10.2. The highest BCUT2D eigenvalue weighted by Crippen LogP contribution is 2.24. The highest BCUT2D eigenvalue weighted by atomic mass is 32.1. The van der Waals surface area contributed by atoms with E-state index in [1.807, 2.05) is 31.2 Å². The maximum atomic E-state index is 12.2. The first-order valence-corrected chi connectivity index (χ1v) is 6.71. The van der Waals surface area contributed by atoms with Crippen LogP contribution < -0.4 is 5.56 Å². The largest absolute Gasteiger partial charge is 0.305 e. The summed E-state index contributed by atoms with van der Waals surface area (Å²) < 4.78 is 1.27. The van der Waals surface area contributed by atoms with Gasteiger partial charge in [-0.15, -0.1) is 10.2 Å². The smallest absolute Gasteiger partial charge is 0.265 e. The van der Waals surface area contributed by atoms with Gasteiger partial charge in [0.1, 0.15) is 5.01 Å². The molecule has 0 spiro atoms. The first kappa shape index (κ1) is 11.2. The molecule has 3 aromatic heterocycles. The van der Waals surface area contributed by atoms with Gasteiger partial charge in [-0.3, -0.25) is 4.79 Å². The van der Waals surface area contributed by atoms with Gasteiger partial charge in [-0.05, 0) is 6.92 Å². The van der Waals surface area contributed by atoms with Crippen molar-refractivity contribution in [3.63, 3.8) is 0 Å². The Bertz CT molecular complexity index is 981. The minimum Gasteiger partial charge on any atom is -0.265 e. The molecule has 0 aliphatic heterocycles. The van der Waals surface area contributed by atoms with Gasteiger partial charge >= 0.3 is 5.56 Å². The molecule has 1 aromatic carbocycles. The zero-order chi connectivity index (χ0) is 13.7. The number of aromatic amines is 1. The second-order valence-corrected chi connectivity index (χ2v) is 5.34. The van der Waals surface area contributed by atoms with E-state index >= 15 is 0 Å². The molecule has 0 radical (unpaired) electrons. The van der Waals surface area contributed by atoms with E-state index < -0.39 is 0 Å². The molecule has 0 aliphatic carbocycles. The Balaban J connectivity index is 2.01. The van der Waals surface area contributed by atoms with Gasteiger partial charge in [0.05, 0.1) is 0 Å². The third kappa shape index (κ3) is 1.55. The summed E-state index contributed by atoms with van der Waals surface area (Å²) in [5.74, 6) is 0. The number of aromatic nitrogens is 6. The van der Waals surface area contributed by atoms with Crippen LogP contribution >= 0.6 is 11.3 Å². The highest BCUT2D eigenvalue weighted by Gasteiger charge is 2.14. The van der Waals surface area contributed by atoms with Crippen molar-refractivity contribution in [2.24, 2.45) is 0 Å². The van der Waals surface area contributed by atoms with Crippen LogP contribution in [-0.4, -0.2) is 30.0 Å². The highest BCUT2D eigenvalue weighted by molar-refractivity contribution is 7.19. The number of benzene rings is 1. The molecule has 20 heavy (non-hydrogen) atoms. The Hall–Kier alpha value is -2.61. The average Bonchev–Trinajstić information content (AvgIpc) is 3.06. The fourth-order valence-corrected chi connectivity index (χ4v) is 2.83. The average molecular weight is 284 g/mol. The van der Waals surface area contributed by atoms with E-state index in [9.17, 15) is 4.79 Å². The monoisotopic (exact) mass is 284 g/mol. The molecular formula is C12H8N6OS. The van der Waals surface area contributed by atoms with E-state index in [0.717, 1.165) is 10.6 Å². The van der Waals surface area contributed by atoms with Crippen molar-refractivity contribution in [2.75, 3.05) is 0 Å². The number of H-pyrrole nitrogens is 1. The molecule has 0 saturated heterocycles. The van der Waals surface area contributed by atoms with Crippen LogP contribution in [0.2, 0.25) is 0 Å². The molecule has 1 N–H and O–H groups in total. The van der Waals surface area contributed by atoms with Crippen LogP contribution in [0.4, 0.5) is 0 Å². The van der Waals surface area contributed by atoms with E-state index in [2.05, 4.69) is 25.5 Å². The molecule has 0 amide bonds. The normalized spacial score (nSPS) is 11.4. The van der Waals surface area contributed by atoms with Crippen LogP contribution in [0, 0.1) is 6.92 Å². The first-order chi connectivity index (χ1) is 9.72. The molecule has 7 nitrogen and oxygen atoms in total. The van der Waals surface area contributed by atoms with Crippen molar-refractivity contribution in [3.8, 4) is 10.6 Å². The van der Waals surface area contributed by atoms with E-state index in [1.165, 1.54) is 21.4 Å². The fourth-order valence-electron chi connectivity index (χ4n) is 1.94. The van der Waals surface area contributed by atoms with E-state index in [-0.39, 0.29) is 11.1 Å². The summed E-state index contributed by atoms with van der Waals surface area (Å²) in [6, 6.07) is 7.96. The van der Waals surface area contributed by atoms with Crippen molar-refractivity contribution >= 4 is 27.5 Å². The van der Waals surface area contributed by atoms with Gasteiger partial charge in [0.2, 0.25) is 10.6 Å². The van der Waals surface area contributed by atoms with E-state index in [1.54, 1.807) is 0 Å². The van der Waals surface area contributed by atoms with Gasteiger partial charge in [0.25, 0.3) is 0 Å². The molecule has 3 heterocycles. The first-order valence-electron chi connectivity index (χ1n) is 5.90. The lowest BCUT2D eigenvalue weighted by Gasteiger charge is -1.95. The van der Waals surface area contributed by atoms with Crippen LogP contribution in [0.3, 0.4) is 0 Å². The Kier molecular flexibility index (Phi) is 2.21. The molecule has 0 fully saturated rings. The number of nitrogens with zero attached hydrogens (tertiary/aromatic N) is 5. The summed E-state index contributed by atoms with van der Waals surface area (Å²) >= 11 is 1.35. The van der Waals surface area contributed by atoms with Gasteiger partial charge < -0.3 is 0 Å². The van der Waals surface area contributed by atoms with Crippen LogP contribution in [0.25, 0.3) is 26.7 Å². The van der Waals surface area contributed by atoms with Crippen molar-refractivity contribution in [1.29, 1.82) is 0 Å². The fraction of sp³-hybridized carbons (Fsp3) is 0.0833. The Morgan fingerprint density at radius 1 is 1.20 bits per heavy atom. The second kappa shape index (κ2) is 3.94. The molecule has 0 saturated carbocycles. The Morgan fingerprint density at radius 2 is 2.00 bits per heavy atom. The van der Waals surface area contributed by atoms with Crippen molar-refractivity contribution in [1.82, 2.24) is 30.0 Å². The van der Waals surface area contributed by atoms with Gasteiger partial charge in [-0.1, -0.05) is 41.2 Å². The summed E-state index contributed by atoms with van der Waals surface area (Å²) in [6.07, 6.45) is 0. The summed E-state index contributed by atoms with van der Waals surface area (Å²) in [5.41, 5.74) is 2.33. The molecule has 0 unspecified atom stereocenters. The maximum absolute atomic E-state index is 12.2. The van der Waals surface area contributed by atoms with E-state index in [0.29, 0.717) is 10.6 Å².